The third-order valence-corrected chi connectivity index (χ3v) is 8.36. The molecule has 0 radical (unpaired) electrons. The number of aliphatic imine (C=N–C) groups is 2. The van der Waals surface area contributed by atoms with E-state index in [1.807, 2.05) is 50.3 Å². The molecule has 0 atom stereocenters. The van der Waals surface area contributed by atoms with E-state index in [4.69, 9.17) is 9.98 Å². The van der Waals surface area contributed by atoms with Gasteiger partial charge in [-0.2, -0.15) is 0 Å². The molecule has 5 aromatic rings. The third kappa shape index (κ3) is 6.34. The Morgan fingerprint density at radius 3 is 1.21 bits per heavy atom. The summed E-state index contributed by atoms with van der Waals surface area (Å²) in [5, 5.41) is 0. The molecule has 0 saturated carbocycles. The summed E-state index contributed by atoms with van der Waals surface area (Å²) in [5.41, 5.74) is 14.2. The Morgan fingerprint density at radius 2 is 0.875 bits per heavy atom. The fourth-order valence-electron chi connectivity index (χ4n) is 5.85. The molecule has 0 amide bonds. The van der Waals surface area contributed by atoms with Gasteiger partial charge in [-0.05, 0) is 113 Å². The summed E-state index contributed by atoms with van der Waals surface area (Å²) in [6, 6.07) is 33.1. The molecule has 0 N–H and O–H groups in total. The second kappa shape index (κ2) is 13.2. The number of hydrogen-bond donors (Lipinski definition) is 0. The van der Waals surface area contributed by atoms with Crippen LogP contribution in [0.4, 0.5) is 0 Å². The summed E-state index contributed by atoms with van der Waals surface area (Å²) in [6.45, 7) is 8.25. The van der Waals surface area contributed by atoms with Crippen molar-refractivity contribution in [3.63, 3.8) is 0 Å². The summed E-state index contributed by atoms with van der Waals surface area (Å²) in [7, 11) is 0. The minimum absolute atomic E-state index is 0.897. The molecule has 2 aliphatic heterocycles. The monoisotopic (exact) mass is 618 g/mol. The molecular formula is C44H34N4. The van der Waals surface area contributed by atoms with E-state index in [0.717, 1.165) is 79.0 Å². The number of hydrogen-bond acceptors (Lipinski definition) is 2. The summed E-state index contributed by atoms with van der Waals surface area (Å²) >= 11 is 0. The Bertz CT molecular complexity index is 2190. The van der Waals surface area contributed by atoms with Crippen molar-refractivity contribution in [1.82, 2.24) is 9.13 Å². The first-order chi connectivity index (χ1) is 23.4. The van der Waals surface area contributed by atoms with Crippen LogP contribution in [-0.2, 0) is 0 Å². The Hall–Kier alpha value is -6.36. The fraction of sp³-hybridized carbons (Fsp3) is 0.0909. The van der Waals surface area contributed by atoms with Crippen LogP contribution in [0.3, 0.4) is 0 Å². The SMILES string of the molecule is CC1=N/C(=C(/c2ccc(C#Cc3ccccc3C#Cc3ccc(/C(=C4/C=CC(C)=N4)n4cccc4C)cc3)cc2)n2cccc2C)C=C1. The maximum Gasteiger partial charge on any atom is 0.0879 e. The maximum atomic E-state index is 4.77. The minimum atomic E-state index is 0.897. The molecule has 0 fully saturated rings. The van der Waals surface area contributed by atoms with E-state index in [2.05, 4.69) is 144 Å². The molecule has 4 heterocycles. The zero-order valence-electron chi connectivity index (χ0n) is 27.5. The van der Waals surface area contributed by atoms with E-state index in [9.17, 15) is 0 Å². The van der Waals surface area contributed by atoms with Gasteiger partial charge in [0.2, 0.25) is 0 Å². The van der Waals surface area contributed by atoms with Crippen LogP contribution in [0.15, 0.2) is 155 Å². The van der Waals surface area contributed by atoms with Crippen LogP contribution in [0.5, 0.6) is 0 Å². The molecule has 0 saturated heterocycles. The zero-order valence-corrected chi connectivity index (χ0v) is 27.5. The van der Waals surface area contributed by atoms with Crippen LogP contribution in [-0.4, -0.2) is 20.6 Å². The van der Waals surface area contributed by atoms with Crippen LogP contribution in [0.2, 0.25) is 0 Å². The van der Waals surface area contributed by atoms with Crippen molar-refractivity contribution in [2.75, 3.05) is 0 Å². The predicted octanol–water partition coefficient (Wildman–Crippen LogP) is 9.20. The van der Waals surface area contributed by atoms with E-state index in [-0.39, 0.29) is 0 Å². The van der Waals surface area contributed by atoms with Gasteiger partial charge >= 0.3 is 0 Å². The van der Waals surface area contributed by atoms with Crippen molar-refractivity contribution < 1.29 is 0 Å². The third-order valence-electron chi connectivity index (χ3n) is 8.36. The van der Waals surface area contributed by atoms with E-state index in [1.165, 1.54) is 0 Å². The zero-order chi connectivity index (χ0) is 33.0. The molecule has 48 heavy (non-hydrogen) atoms. The Kier molecular flexibility index (Phi) is 8.31. The summed E-state index contributed by atoms with van der Waals surface area (Å²) in [6.07, 6.45) is 12.4. The van der Waals surface area contributed by atoms with Crippen molar-refractivity contribution in [1.29, 1.82) is 0 Å². The van der Waals surface area contributed by atoms with Crippen LogP contribution in [0.1, 0.15) is 58.6 Å². The second-order valence-corrected chi connectivity index (χ2v) is 11.9. The highest BCUT2D eigenvalue weighted by Crippen LogP contribution is 2.29. The van der Waals surface area contributed by atoms with Gasteiger partial charge in [-0.25, -0.2) is 0 Å². The molecular weight excluding hydrogens is 585 g/mol. The van der Waals surface area contributed by atoms with Gasteiger partial charge in [0, 0.05) is 68.6 Å². The Labute approximate surface area is 282 Å². The lowest BCUT2D eigenvalue weighted by Crippen LogP contribution is -2.02. The molecule has 0 unspecified atom stereocenters. The second-order valence-electron chi connectivity index (χ2n) is 11.9. The van der Waals surface area contributed by atoms with Crippen LogP contribution in [0, 0.1) is 37.5 Å². The van der Waals surface area contributed by atoms with E-state index in [0.29, 0.717) is 0 Å². The van der Waals surface area contributed by atoms with Crippen molar-refractivity contribution >= 4 is 22.8 Å². The summed E-state index contributed by atoms with van der Waals surface area (Å²) in [4.78, 5) is 9.53. The molecule has 0 bridgehead atoms. The van der Waals surface area contributed by atoms with E-state index in [1.54, 1.807) is 0 Å². The highest BCUT2D eigenvalue weighted by molar-refractivity contribution is 5.99. The number of allylic oxidation sites excluding steroid dienone is 4. The van der Waals surface area contributed by atoms with Crippen molar-refractivity contribution in [3.8, 4) is 23.7 Å². The normalized spacial score (nSPS) is 15.3. The van der Waals surface area contributed by atoms with Crippen LogP contribution < -0.4 is 0 Å². The van der Waals surface area contributed by atoms with Crippen molar-refractivity contribution in [3.05, 3.63) is 190 Å². The molecule has 2 aliphatic rings. The molecule has 7 rings (SSSR count). The molecule has 0 spiro atoms. The van der Waals surface area contributed by atoms with Crippen molar-refractivity contribution in [2.24, 2.45) is 9.98 Å². The number of benzene rings is 3. The molecule has 2 aromatic heterocycles. The smallest absolute Gasteiger partial charge is 0.0879 e. The molecule has 4 heteroatoms. The lowest BCUT2D eigenvalue weighted by molar-refractivity contribution is 1.03. The van der Waals surface area contributed by atoms with Crippen LogP contribution in [0.25, 0.3) is 11.4 Å². The molecule has 3 aromatic carbocycles. The first-order valence-corrected chi connectivity index (χ1v) is 16.0. The quantitative estimate of drug-likeness (QED) is 0.180. The number of aromatic nitrogens is 2. The van der Waals surface area contributed by atoms with Gasteiger partial charge in [0.05, 0.1) is 22.8 Å². The topological polar surface area (TPSA) is 34.6 Å². The maximum absolute atomic E-state index is 4.77. The van der Waals surface area contributed by atoms with Gasteiger partial charge in [0.15, 0.2) is 0 Å². The highest BCUT2D eigenvalue weighted by Gasteiger charge is 2.15. The van der Waals surface area contributed by atoms with Crippen LogP contribution >= 0.6 is 0 Å². The average molecular weight is 619 g/mol. The Morgan fingerprint density at radius 1 is 0.458 bits per heavy atom. The Balaban J connectivity index is 1.14. The largest absolute Gasteiger partial charge is 0.319 e. The lowest BCUT2D eigenvalue weighted by atomic mass is 10.0. The van der Waals surface area contributed by atoms with Gasteiger partial charge in [-0.1, -0.05) is 60.1 Å². The number of nitrogens with zero attached hydrogens (tertiary/aromatic N) is 4. The standard InChI is InChI=1S/C44H34N4/c1-31-13-27-41(45-31)43(47-29-7-9-33(47)3)39-23-17-35(18-24-39)15-21-37-11-5-6-12-38(37)22-16-36-19-25-40(26-20-36)44(42-28-14-32(2)46-42)48-30-8-10-34(48)4/h5-14,17-20,23-30H,1-4H3/b43-41-,44-42+. The molecule has 4 nitrogen and oxygen atoms in total. The van der Waals surface area contributed by atoms with Gasteiger partial charge in [-0.3, -0.25) is 9.98 Å². The summed E-state index contributed by atoms with van der Waals surface area (Å²) in [5.74, 6) is 13.4. The average Bonchev–Trinajstić information content (AvgIpc) is 3.92. The first kappa shape index (κ1) is 30.3. The molecule has 230 valence electrons. The number of rotatable bonds is 4. The van der Waals surface area contributed by atoms with E-state index >= 15 is 0 Å². The minimum Gasteiger partial charge on any atom is -0.319 e. The summed E-state index contributed by atoms with van der Waals surface area (Å²) < 4.78 is 4.37. The first-order valence-electron chi connectivity index (χ1n) is 16.0. The highest BCUT2D eigenvalue weighted by atomic mass is 15.0. The van der Waals surface area contributed by atoms with Crippen molar-refractivity contribution in [2.45, 2.75) is 27.7 Å². The van der Waals surface area contributed by atoms with Gasteiger partial charge in [-0.15, -0.1) is 0 Å². The van der Waals surface area contributed by atoms with E-state index < -0.39 is 0 Å². The molecule has 0 aliphatic carbocycles. The fourth-order valence-corrected chi connectivity index (χ4v) is 5.85. The number of aryl methyl sites for hydroxylation is 2. The lowest BCUT2D eigenvalue weighted by Gasteiger charge is -2.14. The predicted molar refractivity (Wildman–Crippen MR) is 199 cm³/mol. The van der Waals surface area contributed by atoms with Gasteiger partial charge in [0.25, 0.3) is 0 Å². The van der Waals surface area contributed by atoms with Gasteiger partial charge < -0.3 is 9.13 Å². The van der Waals surface area contributed by atoms with Gasteiger partial charge in [0.1, 0.15) is 0 Å².